The second-order valence-corrected chi connectivity index (χ2v) is 7.40. The Bertz CT molecular complexity index is 988. The predicted molar refractivity (Wildman–Crippen MR) is 101 cm³/mol. The van der Waals surface area contributed by atoms with Gasteiger partial charge in [-0.15, -0.1) is 0 Å². The topological polar surface area (TPSA) is 60.2 Å². The van der Waals surface area contributed by atoms with Crippen LogP contribution in [0.25, 0.3) is 10.9 Å². The van der Waals surface area contributed by atoms with Crippen LogP contribution in [-0.4, -0.2) is 38.5 Å². The number of aromatic nitrogens is 3. The summed E-state index contributed by atoms with van der Waals surface area (Å²) in [5.41, 5.74) is 3.45. The Morgan fingerprint density at radius 3 is 2.93 bits per heavy atom. The van der Waals surface area contributed by atoms with Gasteiger partial charge in [-0.25, -0.2) is 4.98 Å². The molecular formula is C21H22N4O2. The van der Waals surface area contributed by atoms with Gasteiger partial charge in [0.05, 0.1) is 41.9 Å². The van der Waals surface area contributed by atoms with Crippen molar-refractivity contribution < 1.29 is 9.53 Å². The first-order valence-electron chi connectivity index (χ1n) is 9.53. The molecule has 1 amide bonds. The molecule has 0 unspecified atom stereocenters. The SMILES string of the molecule is O=C(c1cccc2cccnc12)N1CCn2cnc(COCC3CC3)c2C1. The van der Waals surface area contributed by atoms with Crippen LogP contribution in [0, 0.1) is 5.92 Å². The summed E-state index contributed by atoms with van der Waals surface area (Å²) < 4.78 is 7.96. The quantitative estimate of drug-likeness (QED) is 0.700. The van der Waals surface area contributed by atoms with E-state index in [1.807, 2.05) is 41.6 Å². The molecule has 5 rings (SSSR count). The van der Waals surface area contributed by atoms with Crippen LogP contribution in [0.2, 0.25) is 0 Å². The molecule has 3 heterocycles. The van der Waals surface area contributed by atoms with Crippen molar-refractivity contribution in [3.63, 3.8) is 0 Å². The fraction of sp³-hybridized carbons (Fsp3) is 0.381. The smallest absolute Gasteiger partial charge is 0.256 e. The number of nitrogens with zero attached hydrogens (tertiary/aromatic N) is 4. The fourth-order valence-electron chi connectivity index (χ4n) is 3.66. The van der Waals surface area contributed by atoms with E-state index >= 15 is 0 Å². The third kappa shape index (κ3) is 3.21. The zero-order valence-corrected chi connectivity index (χ0v) is 15.2. The lowest BCUT2D eigenvalue weighted by molar-refractivity contribution is 0.0706. The molecular weight excluding hydrogens is 340 g/mol. The van der Waals surface area contributed by atoms with Crippen LogP contribution < -0.4 is 0 Å². The minimum atomic E-state index is 0.0246. The molecule has 2 aromatic heterocycles. The van der Waals surface area contributed by atoms with Crippen LogP contribution in [0.15, 0.2) is 42.9 Å². The van der Waals surface area contributed by atoms with Gasteiger partial charge in [0.1, 0.15) is 0 Å². The molecule has 27 heavy (non-hydrogen) atoms. The van der Waals surface area contributed by atoms with Gasteiger partial charge in [0.15, 0.2) is 0 Å². The number of carbonyl (C=O) groups excluding carboxylic acids is 1. The molecule has 1 aromatic carbocycles. The van der Waals surface area contributed by atoms with E-state index in [1.165, 1.54) is 12.8 Å². The highest BCUT2D eigenvalue weighted by Gasteiger charge is 2.26. The summed E-state index contributed by atoms with van der Waals surface area (Å²) in [5, 5.41) is 0.986. The molecule has 0 spiro atoms. The summed E-state index contributed by atoms with van der Waals surface area (Å²) in [7, 11) is 0. The van der Waals surface area contributed by atoms with Gasteiger partial charge in [0.2, 0.25) is 0 Å². The van der Waals surface area contributed by atoms with Gasteiger partial charge >= 0.3 is 0 Å². The third-order valence-electron chi connectivity index (χ3n) is 5.42. The number of fused-ring (bicyclic) bond motifs is 2. The van der Waals surface area contributed by atoms with Crippen molar-refractivity contribution in [1.29, 1.82) is 0 Å². The Morgan fingerprint density at radius 1 is 1.15 bits per heavy atom. The average Bonchev–Trinajstić information content (AvgIpc) is 3.46. The molecule has 0 saturated heterocycles. The number of imidazole rings is 1. The molecule has 6 heteroatoms. The Balaban J connectivity index is 1.36. The van der Waals surface area contributed by atoms with E-state index in [-0.39, 0.29) is 5.91 Å². The molecule has 2 aliphatic rings. The first kappa shape index (κ1) is 16.4. The number of carbonyl (C=O) groups is 1. The lowest BCUT2D eigenvalue weighted by Gasteiger charge is -2.29. The molecule has 3 aromatic rings. The maximum absolute atomic E-state index is 13.2. The summed E-state index contributed by atoms with van der Waals surface area (Å²) >= 11 is 0. The van der Waals surface area contributed by atoms with Gasteiger partial charge in [-0.2, -0.15) is 0 Å². The molecule has 0 atom stereocenters. The van der Waals surface area contributed by atoms with Crippen LogP contribution in [-0.2, 0) is 24.4 Å². The van der Waals surface area contributed by atoms with Crippen LogP contribution in [0.4, 0.5) is 0 Å². The summed E-state index contributed by atoms with van der Waals surface area (Å²) in [5.74, 6) is 0.761. The van der Waals surface area contributed by atoms with Crippen LogP contribution in [0.3, 0.4) is 0 Å². The number of rotatable bonds is 5. The molecule has 1 saturated carbocycles. The number of amides is 1. The minimum Gasteiger partial charge on any atom is -0.375 e. The highest BCUT2D eigenvalue weighted by molar-refractivity contribution is 6.05. The summed E-state index contributed by atoms with van der Waals surface area (Å²) in [6.45, 7) is 3.33. The van der Waals surface area contributed by atoms with Crippen molar-refractivity contribution in [2.75, 3.05) is 13.2 Å². The fourth-order valence-corrected chi connectivity index (χ4v) is 3.66. The minimum absolute atomic E-state index is 0.0246. The summed E-state index contributed by atoms with van der Waals surface area (Å²) in [6.07, 6.45) is 6.16. The van der Waals surface area contributed by atoms with Gasteiger partial charge in [-0.05, 0) is 30.9 Å². The third-order valence-corrected chi connectivity index (χ3v) is 5.42. The number of ether oxygens (including phenoxy) is 1. The zero-order chi connectivity index (χ0) is 18.2. The van der Waals surface area contributed by atoms with E-state index in [2.05, 4.69) is 14.5 Å². The molecule has 6 nitrogen and oxygen atoms in total. The molecule has 1 aliphatic heterocycles. The van der Waals surface area contributed by atoms with Crippen molar-refractivity contribution in [3.8, 4) is 0 Å². The van der Waals surface area contributed by atoms with E-state index in [9.17, 15) is 4.79 Å². The molecule has 1 fully saturated rings. The van der Waals surface area contributed by atoms with Crippen LogP contribution in [0.5, 0.6) is 0 Å². The van der Waals surface area contributed by atoms with Gasteiger partial charge in [0.25, 0.3) is 5.91 Å². The van der Waals surface area contributed by atoms with Gasteiger partial charge in [0, 0.05) is 31.3 Å². The summed E-state index contributed by atoms with van der Waals surface area (Å²) in [4.78, 5) is 24.0. The Hall–Kier alpha value is -2.73. The number of pyridine rings is 1. The highest BCUT2D eigenvalue weighted by Crippen LogP contribution is 2.29. The van der Waals surface area contributed by atoms with Gasteiger partial charge in [-0.1, -0.05) is 18.2 Å². The van der Waals surface area contributed by atoms with E-state index in [0.29, 0.717) is 25.3 Å². The van der Waals surface area contributed by atoms with Crippen LogP contribution in [0.1, 0.15) is 34.6 Å². The van der Waals surface area contributed by atoms with E-state index in [0.717, 1.165) is 41.4 Å². The maximum Gasteiger partial charge on any atom is 0.256 e. The van der Waals surface area contributed by atoms with Crippen molar-refractivity contribution in [1.82, 2.24) is 19.4 Å². The van der Waals surface area contributed by atoms with E-state index in [4.69, 9.17) is 4.74 Å². The standard InChI is InChI=1S/C21H22N4O2/c26-21(17-5-1-3-16-4-2-8-22-20(16)17)24-9-10-25-14-23-18(19(25)11-24)13-27-12-15-6-7-15/h1-5,8,14-15H,6-7,9-13H2. The number of hydrogen-bond donors (Lipinski definition) is 0. The molecule has 0 radical (unpaired) electrons. The summed E-state index contributed by atoms with van der Waals surface area (Å²) in [6, 6.07) is 9.65. The monoisotopic (exact) mass is 362 g/mol. The van der Waals surface area contributed by atoms with E-state index in [1.54, 1.807) is 6.20 Å². The largest absolute Gasteiger partial charge is 0.375 e. The molecule has 138 valence electrons. The van der Waals surface area contributed by atoms with Gasteiger partial charge < -0.3 is 14.2 Å². The van der Waals surface area contributed by atoms with Crippen LogP contribution >= 0.6 is 0 Å². The number of hydrogen-bond acceptors (Lipinski definition) is 4. The lowest BCUT2D eigenvalue weighted by atomic mass is 10.1. The molecule has 1 aliphatic carbocycles. The number of para-hydroxylation sites is 1. The number of benzene rings is 1. The first-order chi connectivity index (χ1) is 13.3. The lowest BCUT2D eigenvalue weighted by Crippen LogP contribution is -2.38. The molecule has 0 bridgehead atoms. The first-order valence-corrected chi connectivity index (χ1v) is 9.53. The maximum atomic E-state index is 13.2. The van der Waals surface area contributed by atoms with Gasteiger partial charge in [-0.3, -0.25) is 9.78 Å². The predicted octanol–water partition coefficient (Wildman–Crippen LogP) is 3.01. The Labute approximate surface area is 157 Å². The average molecular weight is 362 g/mol. The Kier molecular flexibility index (Phi) is 4.13. The highest BCUT2D eigenvalue weighted by atomic mass is 16.5. The van der Waals surface area contributed by atoms with Crippen molar-refractivity contribution in [2.45, 2.75) is 32.5 Å². The second-order valence-electron chi connectivity index (χ2n) is 7.40. The molecule has 0 N–H and O–H groups in total. The van der Waals surface area contributed by atoms with Crippen molar-refractivity contribution >= 4 is 16.8 Å². The zero-order valence-electron chi connectivity index (χ0n) is 15.2. The Morgan fingerprint density at radius 2 is 2.04 bits per heavy atom. The van der Waals surface area contributed by atoms with Crippen molar-refractivity contribution in [3.05, 3.63) is 59.8 Å². The van der Waals surface area contributed by atoms with Crippen molar-refractivity contribution in [2.24, 2.45) is 5.92 Å². The second kappa shape index (κ2) is 6.78. The normalized spacial score (nSPS) is 16.5. The van der Waals surface area contributed by atoms with E-state index < -0.39 is 0 Å².